The number of alkyl halides is 3. The van der Waals surface area contributed by atoms with Crippen LogP contribution >= 0.6 is 34.8 Å². The molecule has 122 valence electrons. The molecule has 1 aliphatic carbocycles. The number of carboxylic acid groups (broad SMARTS) is 1. The predicted molar refractivity (Wildman–Crippen MR) is 79.0 cm³/mol. The Hall–Kier alpha value is -1.02. The molecule has 1 aliphatic heterocycles. The average Bonchev–Trinajstić information content (AvgIpc) is 2.93. The van der Waals surface area contributed by atoms with Gasteiger partial charge in [-0.2, -0.15) is 0 Å². The number of hydrogen-bond acceptors (Lipinski definition) is 4. The van der Waals surface area contributed by atoms with Gasteiger partial charge in [0.2, 0.25) is 9.70 Å². The van der Waals surface area contributed by atoms with E-state index in [0.717, 1.165) is 4.90 Å². The van der Waals surface area contributed by atoms with Crippen molar-refractivity contribution in [2.24, 2.45) is 0 Å². The van der Waals surface area contributed by atoms with E-state index < -0.39 is 39.9 Å². The molecule has 1 heterocycles. The second-order valence-electron chi connectivity index (χ2n) is 4.96. The smallest absolute Gasteiger partial charge is 0.408 e. The summed E-state index contributed by atoms with van der Waals surface area (Å²) in [5.41, 5.74) is 0. The number of nitrogens with one attached hydrogen (secondary N) is 1. The number of carbonyl (C=O) groups is 3. The molecule has 0 aromatic rings. The van der Waals surface area contributed by atoms with E-state index in [1.165, 1.54) is 0 Å². The molecule has 0 bridgehead atoms. The van der Waals surface area contributed by atoms with Crippen molar-refractivity contribution in [1.29, 1.82) is 0 Å². The van der Waals surface area contributed by atoms with E-state index in [1.807, 2.05) is 0 Å². The van der Waals surface area contributed by atoms with Crippen LogP contribution in [0.3, 0.4) is 0 Å². The fourth-order valence-electron chi connectivity index (χ4n) is 2.40. The summed E-state index contributed by atoms with van der Waals surface area (Å²) in [7, 11) is 0. The maximum Gasteiger partial charge on any atom is 0.408 e. The Morgan fingerprint density at radius 2 is 2.14 bits per heavy atom. The van der Waals surface area contributed by atoms with Gasteiger partial charge in [-0.15, -0.1) is 0 Å². The Kier molecular flexibility index (Phi) is 5.21. The number of hydrogen-bond donors (Lipinski definition) is 2. The Morgan fingerprint density at radius 3 is 2.64 bits per heavy atom. The molecule has 1 fully saturated rings. The fourth-order valence-corrected chi connectivity index (χ4v) is 2.79. The topological polar surface area (TPSA) is 95.9 Å². The van der Waals surface area contributed by atoms with Crippen LogP contribution in [0.25, 0.3) is 0 Å². The van der Waals surface area contributed by atoms with Crippen LogP contribution in [0.4, 0.5) is 4.79 Å². The standard InChI is InChI=1S/C12H13Cl3N2O5/c13-12(14,15)5-17(11(20)21)6-2-1-3-7(6)22-8-4-9(18)16-10(8)19/h1-2,6-8H,3-5H2,(H,20,21)(H,16,18,19)/t6-,7+,8?/m0/s1. The first-order valence-corrected chi connectivity index (χ1v) is 7.53. The monoisotopic (exact) mass is 370 g/mol. The molecule has 2 aliphatic rings. The van der Waals surface area contributed by atoms with Crippen molar-refractivity contribution in [1.82, 2.24) is 10.2 Å². The first-order valence-electron chi connectivity index (χ1n) is 6.39. The van der Waals surface area contributed by atoms with Crippen LogP contribution in [-0.2, 0) is 14.3 Å². The highest BCUT2D eigenvalue weighted by Gasteiger charge is 2.40. The van der Waals surface area contributed by atoms with E-state index in [0.29, 0.717) is 6.42 Å². The molecule has 10 heteroatoms. The number of carbonyl (C=O) groups excluding carboxylic acids is 2. The molecular weight excluding hydrogens is 359 g/mol. The largest absolute Gasteiger partial charge is 0.465 e. The summed E-state index contributed by atoms with van der Waals surface area (Å²) >= 11 is 17.0. The van der Waals surface area contributed by atoms with E-state index in [-0.39, 0.29) is 13.0 Å². The highest BCUT2D eigenvalue weighted by atomic mass is 35.6. The third-order valence-corrected chi connectivity index (χ3v) is 3.66. The molecule has 22 heavy (non-hydrogen) atoms. The molecule has 3 amide bonds. The third kappa shape index (κ3) is 4.25. The fraction of sp³-hybridized carbons (Fsp3) is 0.583. The summed E-state index contributed by atoms with van der Waals surface area (Å²) in [5.74, 6) is -0.951. The molecule has 2 rings (SSSR count). The van der Waals surface area contributed by atoms with Crippen LogP contribution in [0.5, 0.6) is 0 Å². The lowest BCUT2D eigenvalue weighted by atomic mass is 10.1. The summed E-state index contributed by atoms with van der Waals surface area (Å²) in [6.45, 7) is -0.350. The van der Waals surface area contributed by atoms with E-state index in [1.54, 1.807) is 12.2 Å². The molecule has 0 saturated carbocycles. The third-order valence-electron chi connectivity index (χ3n) is 3.30. The summed E-state index contributed by atoms with van der Waals surface area (Å²) in [5, 5.41) is 11.4. The van der Waals surface area contributed by atoms with Crippen molar-refractivity contribution in [3.05, 3.63) is 12.2 Å². The van der Waals surface area contributed by atoms with E-state index in [4.69, 9.17) is 39.5 Å². The molecule has 1 saturated heterocycles. The predicted octanol–water partition coefficient (Wildman–Crippen LogP) is 1.47. The van der Waals surface area contributed by atoms with Crippen LogP contribution in [0.1, 0.15) is 12.8 Å². The zero-order valence-electron chi connectivity index (χ0n) is 11.2. The molecule has 1 unspecified atom stereocenters. The normalized spacial score (nSPS) is 28.0. The maximum atomic E-state index is 11.5. The van der Waals surface area contributed by atoms with Crippen molar-refractivity contribution < 1.29 is 24.2 Å². The van der Waals surface area contributed by atoms with E-state index in [9.17, 15) is 19.5 Å². The molecular formula is C12H13Cl3N2O5. The highest BCUT2D eigenvalue weighted by Crippen LogP contribution is 2.31. The minimum atomic E-state index is -1.78. The Balaban J connectivity index is 2.07. The van der Waals surface area contributed by atoms with Crippen molar-refractivity contribution in [2.45, 2.75) is 34.9 Å². The molecule has 0 aromatic heterocycles. The summed E-state index contributed by atoms with van der Waals surface area (Å²) in [4.78, 5) is 35.0. The van der Waals surface area contributed by atoms with Crippen LogP contribution in [-0.4, -0.2) is 56.5 Å². The summed E-state index contributed by atoms with van der Waals surface area (Å²) in [6.07, 6.45) is 0.824. The van der Waals surface area contributed by atoms with Gasteiger partial charge in [-0.25, -0.2) is 4.79 Å². The minimum absolute atomic E-state index is 0.0837. The molecule has 2 N–H and O–H groups in total. The lowest BCUT2D eigenvalue weighted by Gasteiger charge is -2.32. The zero-order chi connectivity index (χ0) is 16.5. The minimum Gasteiger partial charge on any atom is -0.465 e. The number of imide groups is 1. The quantitative estimate of drug-likeness (QED) is 0.443. The van der Waals surface area contributed by atoms with Crippen molar-refractivity contribution in [2.75, 3.05) is 6.54 Å². The lowest BCUT2D eigenvalue weighted by Crippen LogP contribution is -2.49. The van der Waals surface area contributed by atoms with E-state index >= 15 is 0 Å². The van der Waals surface area contributed by atoms with Crippen molar-refractivity contribution in [3.63, 3.8) is 0 Å². The Bertz CT molecular complexity index is 519. The molecule has 7 nitrogen and oxygen atoms in total. The van der Waals surface area contributed by atoms with Gasteiger partial charge in [0.05, 0.1) is 25.1 Å². The van der Waals surface area contributed by atoms with Gasteiger partial charge in [0.25, 0.3) is 5.91 Å². The average molecular weight is 372 g/mol. The van der Waals surface area contributed by atoms with Crippen LogP contribution in [0.15, 0.2) is 12.2 Å². The number of amides is 3. The van der Waals surface area contributed by atoms with Gasteiger partial charge in [0.1, 0.15) is 6.10 Å². The Morgan fingerprint density at radius 1 is 1.45 bits per heavy atom. The van der Waals surface area contributed by atoms with Crippen molar-refractivity contribution >= 4 is 52.7 Å². The van der Waals surface area contributed by atoms with Gasteiger partial charge in [0, 0.05) is 0 Å². The zero-order valence-corrected chi connectivity index (χ0v) is 13.4. The van der Waals surface area contributed by atoms with E-state index in [2.05, 4.69) is 5.32 Å². The molecule has 3 atom stereocenters. The van der Waals surface area contributed by atoms with Gasteiger partial charge in [0.15, 0.2) is 0 Å². The van der Waals surface area contributed by atoms with Crippen molar-refractivity contribution in [3.8, 4) is 0 Å². The molecule has 0 radical (unpaired) electrons. The summed E-state index contributed by atoms with van der Waals surface area (Å²) < 4.78 is 3.81. The van der Waals surface area contributed by atoms with Gasteiger partial charge in [-0.05, 0) is 6.42 Å². The van der Waals surface area contributed by atoms with Gasteiger partial charge in [-0.3, -0.25) is 19.8 Å². The van der Waals surface area contributed by atoms with Crippen LogP contribution < -0.4 is 5.32 Å². The van der Waals surface area contributed by atoms with Gasteiger partial charge in [-0.1, -0.05) is 47.0 Å². The number of halogens is 3. The summed E-state index contributed by atoms with van der Waals surface area (Å²) in [6, 6.07) is -0.698. The second kappa shape index (κ2) is 6.62. The van der Waals surface area contributed by atoms with Crippen LogP contribution in [0.2, 0.25) is 0 Å². The SMILES string of the molecule is O=C1CC(O[C@@H]2CC=C[C@@H]2N(CC(Cl)(Cl)Cl)C(=O)O)C(=O)N1. The molecule has 0 spiro atoms. The lowest BCUT2D eigenvalue weighted by molar-refractivity contribution is -0.133. The number of rotatable bonds is 4. The maximum absolute atomic E-state index is 11.5. The first-order chi connectivity index (χ1) is 10.2. The second-order valence-corrected chi connectivity index (χ2v) is 7.48. The van der Waals surface area contributed by atoms with Gasteiger partial charge >= 0.3 is 6.09 Å². The highest BCUT2D eigenvalue weighted by molar-refractivity contribution is 6.67. The first kappa shape index (κ1) is 17.3. The number of nitrogens with zero attached hydrogens (tertiary/aromatic N) is 1. The number of ether oxygens (including phenoxy) is 1. The molecule has 0 aromatic carbocycles. The van der Waals surface area contributed by atoms with Gasteiger partial charge < -0.3 is 9.84 Å². The van der Waals surface area contributed by atoms with Crippen LogP contribution in [0, 0.1) is 0 Å². The Labute approximate surface area is 141 Å².